The quantitative estimate of drug-likeness (QED) is 0.824. The zero-order valence-electron chi connectivity index (χ0n) is 9.87. The van der Waals surface area contributed by atoms with E-state index < -0.39 is 0 Å². The number of nitriles is 1. The summed E-state index contributed by atoms with van der Waals surface area (Å²) >= 11 is 0. The van der Waals surface area contributed by atoms with Crippen molar-refractivity contribution in [2.24, 2.45) is 5.41 Å². The maximum Gasteiger partial charge on any atom is 0.251 e. The number of hydrogen-bond acceptors (Lipinski definition) is 2. The van der Waals surface area contributed by atoms with Crippen LogP contribution in [0.4, 0.5) is 0 Å². The van der Waals surface area contributed by atoms with Crippen molar-refractivity contribution >= 4 is 5.91 Å². The molecule has 0 aliphatic heterocycles. The van der Waals surface area contributed by atoms with Gasteiger partial charge in [0.2, 0.25) is 0 Å². The van der Waals surface area contributed by atoms with Crippen molar-refractivity contribution in [3.8, 4) is 6.07 Å². The molecule has 0 heterocycles. The fourth-order valence-corrected chi connectivity index (χ4v) is 1.18. The lowest BCUT2D eigenvalue weighted by molar-refractivity contribution is 0.0939. The van der Waals surface area contributed by atoms with Gasteiger partial charge < -0.3 is 5.32 Å². The van der Waals surface area contributed by atoms with Crippen molar-refractivity contribution in [3.63, 3.8) is 0 Å². The highest BCUT2D eigenvalue weighted by atomic mass is 16.1. The normalized spacial score (nSPS) is 10.6. The Morgan fingerprint density at radius 3 is 2.69 bits per heavy atom. The van der Waals surface area contributed by atoms with Gasteiger partial charge in [-0.1, -0.05) is 26.8 Å². The molecule has 0 spiro atoms. The summed E-state index contributed by atoms with van der Waals surface area (Å²) in [6.45, 7) is 6.78. The monoisotopic (exact) mass is 216 g/mol. The predicted octanol–water partition coefficient (Wildman–Crippen LogP) is 2.33. The number of nitrogens with zero attached hydrogens (tertiary/aromatic N) is 1. The fourth-order valence-electron chi connectivity index (χ4n) is 1.18. The summed E-state index contributed by atoms with van der Waals surface area (Å²) in [7, 11) is 0. The molecular weight excluding hydrogens is 200 g/mol. The molecule has 0 atom stereocenters. The van der Waals surface area contributed by atoms with Crippen LogP contribution in [0.25, 0.3) is 0 Å². The van der Waals surface area contributed by atoms with E-state index in [-0.39, 0.29) is 11.3 Å². The summed E-state index contributed by atoms with van der Waals surface area (Å²) in [4.78, 5) is 11.7. The Hall–Kier alpha value is -1.82. The van der Waals surface area contributed by atoms with Gasteiger partial charge in [-0.15, -0.1) is 0 Å². The molecule has 3 nitrogen and oxygen atoms in total. The third-order valence-corrected chi connectivity index (χ3v) is 2.03. The molecule has 84 valence electrons. The van der Waals surface area contributed by atoms with Gasteiger partial charge in [0.05, 0.1) is 11.6 Å². The highest BCUT2D eigenvalue weighted by Crippen LogP contribution is 2.11. The molecule has 16 heavy (non-hydrogen) atoms. The first-order valence-electron chi connectivity index (χ1n) is 5.21. The summed E-state index contributed by atoms with van der Waals surface area (Å²) in [5.74, 6) is -0.132. The third kappa shape index (κ3) is 3.74. The predicted molar refractivity (Wildman–Crippen MR) is 62.9 cm³/mol. The van der Waals surface area contributed by atoms with Gasteiger partial charge in [-0.25, -0.2) is 0 Å². The van der Waals surface area contributed by atoms with E-state index in [1.807, 2.05) is 6.07 Å². The van der Waals surface area contributed by atoms with Crippen LogP contribution in [0.15, 0.2) is 24.3 Å². The molecule has 0 bridgehead atoms. The van der Waals surface area contributed by atoms with E-state index >= 15 is 0 Å². The minimum atomic E-state index is -0.132. The number of carbonyl (C=O) groups is 1. The lowest BCUT2D eigenvalue weighted by atomic mass is 9.97. The summed E-state index contributed by atoms with van der Waals surface area (Å²) in [6, 6.07) is 8.71. The SMILES string of the molecule is CC(C)(C)CNC(=O)c1cccc(C#N)c1. The van der Waals surface area contributed by atoms with Crippen LogP contribution >= 0.6 is 0 Å². The zero-order valence-corrected chi connectivity index (χ0v) is 9.87. The average Bonchev–Trinajstić information content (AvgIpc) is 2.25. The van der Waals surface area contributed by atoms with Crippen molar-refractivity contribution < 1.29 is 4.79 Å². The molecule has 1 aromatic rings. The number of carbonyl (C=O) groups excluding carboxylic acids is 1. The molecule has 0 aliphatic rings. The van der Waals surface area contributed by atoms with Crippen LogP contribution in [0, 0.1) is 16.7 Å². The Kier molecular flexibility index (Phi) is 3.68. The second-order valence-electron chi connectivity index (χ2n) is 4.94. The molecular formula is C13H16N2O. The van der Waals surface area contributed by atoms with Crippen LogP contribution in [-0.2, 0) is 0 Å². The first-order chi connectivity index (χ1) is 7.42. The van der Waals surface area contributed by atoms with Crippen LogP contribution in [0.3, 0.4) is 0 Å². The lowest BCUT2D eigenvalue weighted by Crippen LogP contribution is -2.32. The topological polar surface area (TPSA) is 52.9 Å². The van der Waals surface area contributed by atoms with Gasteiger partial charge in [-0.05, 0) is 23.6 Å². The van der Waals surface area contributed by atoms with Gasteiger partial charge in [-0.2, -0.15) is 5.26 Å². The number of rotatable bonds is 2. The largest absolute Gasteiger partial charge is 0.352 e. The molecule has 0 radical (unpaired) electrons. The fraction of sp³-hybridized carbons (Fsp3) is 0.385. The summed E-state index contributed by atoms with van der Waals surface area (Å²) in [5, 5.41) is 11.6. The van der Waals surface area contributed by atoms with Gasteiger partial charge in [0, 0.05) is 12.1 Å². The third-order valence-electron chi connectivity index (χ3n) is 2.03. The Morgan fingerprint density at radius 2 is 2.12 bits per heavy atom. The zero-order chi connectivity index (χ0) is 12.2. The van der Waals surface area contributed by atoms with Crippen LogP contribution in [0.2, 0.25) is 0 Å². The van der Waals surface area contributed by atoms with Crippen LogP contribution in [0.5, 0.6) is 0 Å². The molecule has 0 aromatic heterocycles. The smallest absolute Gasteiger partial charge is 0.251 e. The Labute approximate surface area is 96.1 Å². The Bertz CT molecular complexity index is 424. The molecule has 3 heteroatoms. The van der Waals surface area contributed by atoms with Crippen molar-refractivity contribution in [3.05, 3.63) is 35.4 Å². The van der Waals surface area contributed by atoms with Gasteiger partial charge >= 0.3 is 0 Å². The maximum absolute atomic E-state index is 11.7. The highest BCUT2D eigenvalue weighted by Gasteiger charge is 2.13. The van der Waals surface area contributed by atoms with E-state index in [1.54, 1.807) is 24.3 Å². The minimum absolute atomic E-state index is 0.0580. The molecule has 1 N–H and O–H groups in total. The number of amides is 1. The second-order valence-corrected chi connectivity index (χ2v) is 4.94. The van der Waals surface area contributed by atoms with Crippen molar-refractivity contribution in [1.29, 1.82) is 5.26 Å². The maximum atomic E-state index is 11.7. The standard InChI is InChI=1S/C13H16N2O/c1-13(2,3)9-15-12(16)11-6-4-5-10(7-11)8-14/h4-7H,9H2,1-3H3,(H,15,16). The van der Waals surface area contributed by atoms with E-state index in [1.165, 1.54) is 0 Å². The second kappa shape index (κ2) is 4.80. The van der Waals surface area contributed by atoms with Crippen molar-refractivity contribution in [2.45, 2.75) is 20.8 Å². The Morgan fingerprint density at radius 1 is 1.44 bits per heavy atom. The first-order valence-corrected chi connectivity index (χ1v) is 5.21. The molecule has 1 amide bonds. The molecule has 1 rings (SSSR count). The van der Waals surface area contributed by atoms with Crippen molar-refractivity contribution in [1.82, 2.24) is 5.32 Å². The van der Waals surface area contributed by atoms with Crippen LogP contribution < -0.4 is 5.32 Å². The van der Waals surface area contributed by atoms with Gasteiger partial charge in [0.1, 0.15) is 0 Å². The lowest BCUT2D eigenvalue weighted by Gasteiger charge is -2.18. The van der Waals surface area contributed by atoms with E-state index in [4.69, 9.17) is 5.26 Å². The van der Waals surface area contributed by atoms with Gasteiger partial charge in [-0.3, -0.25) is 4.79 Å². The number of benzene rings is 1. The molecule has 0 saturated carbocycles. The average molecular weight is 216 g/mol. The molecule has 0 fully saturated rings. The van der Waals surface area contributed by atoms with E-state index in [0.717, 1.165) is 0 Å². The first kappa shape index (κ1) is 12.3. The molecule has 0 saturated heterocycles. The number of nitrogens with one attached hydrogen (secondary N) is 1. The highest BCUT2D eigenvalue weighted by molar-refractivity contribution is 5.94. The van der Waals surface area contributed by atoms with E-state index in [9.17, 15) is 4.79 Å². The summed E-state index contributed by atoms with van der Waals surface area (Å²) in [6.07, 6.45) is 0. The number of hydrogen-bond donors (Lipinski definition) is 1. The van der Waals surface area contributed by atoms with Crippen LogP contribution in [-0.4, -0.2) is 12.5 Å². The minimum Gasteiger partial charge on any atom is -0.352 e. The van der Waals surface area contributed by atoms with Gasteiger partial charge in [0.15, 0.2) is 0 Å². The molecule has 0 aliphatic carbocycles. The molecule has 0 unspecified atom stereocenters. The van der Waals surface area contributed by atoms with E-state index in [0.29, 0.717) is 17.7 Å². The van der Waals surface area contributed by atoms with E-state index in [2.05, 4.69) is 26.1 Å². The summed E-state index contributed by atoms with van der Waals surface area (Å²) in [5.41, 5.74) is 1.09. The Balaban J connectivity index is 2.71. The van der Waals surface area contributed by atoms with Gasteiger partial charge in [0.25, 0.3) is 5.91 Å². The van der Waals surface area contributed by atoms with Crippen molar-refractivity contribution in [2.75, 3.05) is 6.54 Å². The van der Waals surface area contributed by atoms with Crippen LogP contribution in [0.1, 0.15) is 36.7 Å². The molecule has 1 aromatic carbocycles. The summed E-state index contributed by atoms with van der Waals surface area (Å²) < 4.78 is 0.